The Morgan fingerprint density at radius 1 is 1.43 bits per heavy atom. The van der Waals surface area contributed by atoms with Crippen LogP contribution in [-0.4, -0.2) is 22.8 Å². The molecule has 1 aromatic carbocycles. The molecule has 0 radical (unpaired) electrons. The third-order valence-electron chi connectivity index (χ3n) is 3.82. The lowest BCUT2D eigenvalue weighted by atomic mass is 10.3. The second-order valence-electron chi connectivity index (χ2n) is 5.72. The van der Waals surface area contributed by atoms with E-state index in [1.54, 1.807) is 0 Å². The standard InChI is InChI=1S/C16H20Cl2N2O/c1-11(17)16-19-14-5-2-4-13(18)15(14)20(16)8-3-9-21-10-12-6-7-12/h2,4-5,11-12H,3,6-10H2,1H3. The van der Waals surface area contributed by atoms with E-state index in [9.17, 15) is 0 Å². The number of fused-ring (bicyclic) bond motifs is 1. The van der Waals surface area contributed by atoms with Gasteiger partial charge in [-0.2, -0.15) is 0 Å². The molecule has 1 heterocycles. The molecular formula is C16H20Cl2N2O. The van der Waals surface area contributed by atoms with E-state index < -0.39 is 0 Å². The van der Waals surface area contributed by atoms with Crippen LogP contribution in [0.4, 0.5) is 0 Å². The van der Waals surface area contributed by atoms with E-state index in [4.69, 9.17) is 27.9 Å². The molecule has 114 valence electrons. The first-order chi connectivity index (χ1) is 10.2. The molecule has 1 unspecified atom stereocenters. The Morgan fingerprint density at radius 3 is 2.95 bits per heavy atom. The Hall–Kier alpha value is -0.770. The molecule has 21 heavy (non-hydrogen) atoms. The predicted molar refractivity (Wildman–Crippen MR) is 87.2 cm³/mol. The van der Waals surface area contributed by atoms with Gasteiger partial charge in [0.25, 0.3) is 0 Å². The minimum atomic E-state index is -0.138. The maximum absolute atomic E-state index is 6.33. The summed E-state index contributed by atoms with van der Waals surface area (Å²) in [6.07, 6.45) is 3.60. The molecule has 1 saturated carbocycles. The van der Waals surface area contributed by atoms with Crippen LogP contribution in [0.1, 0.15) is 37.4 Å². The number of para-hydroxylation sites is 1. The number of hydrogen-bond acceptors (Lipinski definition) is 2. The maximum Gasteiger partial charge on any atom is 0.127 e. The zero-order valence-corrected chi connectivity index (χ0v) is 13.7. The summed E-state index contributed by atoms with van der Waals surface area (Å²) in [5, 5.41) is 0.586. The molecule has 0 N–H and O–H groups in total. The van der Waals surface area contributed by atoms with Crippen molar-refractivity contribution in [3.8, 4) is 0 Å². The van der Waals surface area contributed by atoms with Gasteiger partial charge in [-0.05, 0) is 44.2 Å². The molecule has 0 amide bonds. The lowest BCUT2D eigenvalue weighted by Crippen LogP contribution is -2.08. The third kappa shape index (κ3) is 3.53. The van der Waals surface area contributed by atoms with Crippen molar-refractivity contribution in [1.29, 1.82) is 0 Å². The van der Waals surface area contributed by atoms with E-state index in [1.165, 1.54) is 12.8 Å². The van der Waals surface area contributed by atoms with Crippen molar-refractivity contribution in [3.63, 3.8) is 0 Å². The molecule has 0 aliphatic heterocycles. The molecule has 1 fully saturated rings. The second kappa shape index (κ2) is 6.55. The fourth-order valence-corrected chi connectivity index (χ4v) is 2.99. The number of rotatable bonds is 7. The molecule has 3 nitrogen and oxygen atoms in total. The summed E-state index contributed by atoms with van der Waals surface area (Å²) >= 11 is 12.6. The summed E-state index contributed by atoms with van der Waals surface area (Å²) in [6.45, 7) is 4.45. The highest BCUT2D eigenvalue weighted by atomic mass is 35.5. The van der Waals surface area contributed by atoms with Crippen LogP contribution in [0.15, 0.2) is 18.2 Å². The zero-order valence-electron chi connectivity index (χ0n) is 12.2. The zero-order chi connectivity index (χ0) is 14.8. The van der Waals surface area contributed by atoms with Gasteiger partial charge in [0, 0.05) is 19.8 Å². The maximum atomic E-state index is 6.33. The van der Waals surface area contributed by atoms with Gasteiger partial charge in [-0.1, -0.05) is 17.7 Å². The van der Waals surface area contributed by atoms with Crippen molar-refractivity contribution >= 4 is 34.2 Å². The van der Waals surface area contributed by atoms with Crippen LogP contribution in [0.25, 0.3) is 11.0 Å². The van der Waals surface area contributed by atoms with Crippen molar-refractivity contribution in [3.05, 3.63) is 29.0 Å². The van der Waals surface area contributed by atoms with E-state index in [0.29, 0.717) is 0 Å². The normalized spacial score (nSPS) is 16.5. The summed E-state index contributed by atoms with van der Waals surface area (Å²) in [5.74, 6) is 1.69. The summed E-state index contributed by atoms with van der Waals surface area (Å²) in [5.41, 5.74) is 1.88. The fraction of sp³-hybridized carbons (Fsp3) is 0.562. The van der Waals surface area contributed by atoms with Crippen molar-refractivity contribution in [2.45, 2.75) is 38.1 Å². The smallest absolute Gasteiger partial charge is 0.127 e. The van der Waals surface area contributed by atoms with Crippen LogP contribution in [0.2, 0.25) is 5.02 Å². The summed E-state index contributed by atoms with van der Waals surface area (Å²) < 4.78 is 7.83. The summed E-state index contributed by atoms with van der Waals surface area (Å²) in [4.78, 5) is 4.62. The number of halogens is 2. The van der Waals surface area contributed by atoms with Gasteiger partial charge < -0.3 is 9.30 Å². The highest BCUT2D eigenvalue weighted by molar-refractivity contribution is 6.35. The lowest BCUT2D eigenvalue weighted by Gasteiger charge is -2.11. The molecule has 1 aromatic heterocycles. The van der Waals surface area contributed by atoms with Crippen molar-refractivity contribution in [2.24, 2.45) is 5.92 Å². The molecular weight excluding hydrogens is 307 g/mol. The van der Waals surface area contributed by atoms with Crippen molar-refractivity contribution in [2.75, 3.05) is 13.2 Å². The Balaban J connectivity index is 1.73. The predicted octanol–water partition coefficient (Wildman–Crippen LogP) is 4.81. The van der Waals surface area contributed by atoms with Gasteiger partial charge in [0.15, 0.2) is 0 Å². The monoisotopic (exact) mass is 326 g/mol. The first-order valence-corrected chi connectivity index (χ1v) is 8.34. The first-order valence-electron chi connectivity index (χ1n) is 7.53. The minimum Gasteiger partial charge on any atom is -0.381 e. The number of hydrogen-bond donors (Lipinski definition) is 0. The lowest BCUT2D eigenvalue weighted by molar-refractivity contribution is 0.119. The highest BCUT2D eigenvalue weighted by Crippen LogP contribution is 2.30. The average Bonchev–Trinajstić information content (AvgIpc) is 3.18. The van der Waals surface area contributed by atoms with E-state index in [-0.39, 0.29) is 5.38 Å². The van der Waals surface area contributed by atoms with E-state index in [0.717, 1.165) is 54.0 Å². The van der Waals surface area contributed by atoms with Crippen molar-refractivity contribution in [1.82, 2.24) is 9.55 Å². The summed E-state index contributed by atoms with van der Waals surface area (Å²) in [6, 6.07) is 5.79. The molecule has 3 rings (SSSR count). The molecule has 0 bridgehead atoms. The number of benzene rings is 1. The highest BCUT2D eigenvalue weighted by Gasteiger charge is 2.21. The molecule has 1 aliphatic rings. The minimum absolute atomic E-state index is 0.138. The summed E-state index contributed by atoms with van der Waals surface area (Å²) in [7, 11) is 0. The van der Waals surface area contributed by atoms with Gasteiger partial charge in [0.05, 0.1) is 21.4 Å². The second-order valence-corrected chi connectivity index (χ2v) is 6.78. The molecule has 5 heteroatoms. The number of alkyl halides is 1. The molecule has 0 spiro atoms. The average molecular weight is 327 g/mol. The van der Waals surface area contributed by atoms with Crippen LogP contribution in [0, 0.1) is 5.92 Å². The fourth-order valence-electron chi connectivity index (χ4n) is 2.55. The Kier molecular flexibility index (Phi) is 4.72. The topological polar surface area (TPSA) is 27.1 Å². The van der Waals surface area contributed by atoms with Gasteiger partial charge >= 0.3 is 0 Å². The van der Waals surface area contributed by atoms with Gasteiger partial charge in [-0.3, -0.25) is 0 Å². The molecule has 2 aromatic rings. The largest absolute Gasteiger partial charge is 0.381 e. The molecule has 1 atom stereocenters. The van der Waals surface area contributed by atoms with Crippen LogP contribution in [-0.2, 0) is 11.3 Å². The Bertz CT molecular complexity index is 620. The van der Waals surface area contributed by atoms with E-state index in [2.05, 4.69) is 9.55 Å². The van der Waals surface area contributed by atoms with Crippen LogP contribution in [0.5, 0.6) is 0 Å². The SMILES string of the molecule is CC(Cl)c1nc2cccc(Cl)c2n1CCCOCC1CC1. The number of nitrogens with zero attached hydrogens (tertiary/aromatic N) is 2. The first kappa shape index (κ1) is 15.1. The van der Waals surface area contributed by atoms with E-state index >= 15 is 0 Å². The Morgan fingerprint density at radius 2 is 2.24 bits per heavy atom. The quantitative estimate of drug-likeness (QED) is 0.539. The number of imidazole rings is 1. The molecule has 1 aliphatic carbocycles. The van der Waals surface area contributed by atoms with Crippen LogP contribution in [0.3, 0.4) is 0 Å². The molecule has 0 saturated heterocycles. The van der Waals surface area contributed by atoms with Gasteiger partial charge in [0.1, 0.15) is 5.82 Å². The Labute approximate surface area is 135 Å². The van der Waals surface area contributed by atoms with Crippen LogP contribution >= 0.6 is 23.2 Å². The third-order valence-corrected chi connectivity index (χ3v) is 4.32. The number of aryl methyl sites for hydroxylation is 1. The van der Waals surface area contributed by atoms with Crippen molar-refractivity contribution < 1.29 is 4.74 Å². The van der Waals surface area contributed by atoms with Gasteiger partial charge in [0.2, 0.25) is 0 Å². The van der Waals surface area contributed by atoms with E-state index in [1.807, 2.05) is 25.1 Å². The number of ether oxygens (including phenoxy) is 1. The van der Waals surface area contributed by atoms with Crippen LogP contribution < -0.4 is 0 Å². The van der Waals surface area contributed by atoms with Gasteiger partial charge in [-0.25, -0.2) is 4.98 Å². The number of aromatic nitrogens is 2. The van der Waals surface area contributed by atoms with Gasteiger partial charge in [-0.15, -0.1) is 11.6 Å².